The Bertz CT molecular complexity index is 630. The molecule has 1 rings (SSSR count). The third-order valence-corrected chi connectivity index (χ3v) is 3.84. The zero-order chi connectivity index (χ0) is 21.9. The molecule has 0 heterocycles. The Hall–Kier alpha value is -1.27. The first-order valence-electron chi connectivity index (χ1n) is 9.83. The predicted octanol–water partition coefficient (Wildman–Crippen LogP) is 3.56. The van der Waals surface area contributed by atoms with E-state index in [2.05, 4.69) is 15.6 Å². The summed E-state index contributed by atoms with van der Waals surface area (Å²) >= 11 is 0. The molecular formula is C20H34F3IN4O2. The van der Waals surface area contributed by atoms with Crippen molar-refractivity contribution >= 4 is 29.9 Å². The van der Waals surface area contributed by atoms with E-state index in [4.69, 9.17) is 4.74 Å². The SMILES string of the molecule is CCNC(=NCC(O)c1cccc(OC(C)C)c1)NCCCN(C)CC(F)(F)F.I. The first-order chi connectivity index (χ1) is 13.6. The van der Waals surface area contributed by atoms with Gasteiger partial charge >= 0.3 is 6.18 Å². The van der Waals surface area contributed by atoms with E-state index in [0.717, 1.165) is 0 Å². The first kappa shape index (κ1) is 28.7. The van der Waals surface area contributed by atoms with E-state index in [-0.39, 0.29) is 36.6 Å². The summed E-state index contributed by atoms with van der Waals surface area (Å²) < 4.78 is 42.6. The van der Waals surface area contributed by atoms with Crippen molar-refractivity contribution in [1.29, 1.82) is 0 Å². The van der Waals surface area contributed by atoms with Gasteiger partial charge in [0.05, 0.1) is 25.3 Å². The molecule has 0 saturated heterocycles. The lowest BCUT2D eigenvalue weighted by atomic mass is 10.1. The smallest absolute Gasteiger partial charge is 0.401 e. The van der Waals surface area contributed by atoms with Gasteiger partial charge in [-0.3, -0.25) is 9.89 Å². The van der Waals surface area contributed by atoms with Gasteiger partial charge < -0.3 is 20.5 Å². The number of aliphatic imine (C=N–C) groups is 1. The van der Waals surface area contributed by atoms with Crippen LogP contribution in [0.25, 0.3) is 0 Å². The van der Waals surface area contributed by atoms with E-state index in [1.165, 1.54) is 11.9 Å². The molecule has 0 fully saturated rings. The minimum absolute atomic E-state index is 0. The number of nitrogens with zero attached hydrogens (tertiary/aromatic N) is 2. The van der Waals surface area contributed by atoms with Crippen LogP contribution < -0.4 is 15.4 Å². The van der Waals surface area contributed by atoms with Crippen molar-refractivity contribution < 1.29 is 23.0 Å². The lowest BCUT2D eigenvalue weighted by Gasteiger charge is -2.19. The molecule has 3 N–H and O–H groups in total. The Kier molecular flexibility index (Phi) is 14.1. The van der Waals surface area contributed by atoms with Crippen LogP contribution in [0.3, 0.4) is 0 Å². The molecule has 0 amide bonds. The molecular weight excluding hydrogens is 512 g/mol. The fourth-order valence-electron chi connectivity index (χ4n) is 2.63. The molecule has 0 aliphatic rings. The Morgan fingerprint density at radius 2 is 1.97 bits per heavy atom. The normalized spacial score (nSPS) is 13.2. The molecule has 1 aromatic carbocycles. The summed E-state index contributed by atoms with van der Waals surface area (Å²) in [6, 6.07) is 7.25. The highest BCUT2D eigenvalue weighted by molar-refractivity contribution is 14.0. The van der Waals surface area contributed by atoms with E-state index in [9.17, 15) is 18.3 Å². The van der Waals surface area contributed by atoms with Crippen LogP contribution in [0.4, 0.5) is 13.2 Å². The maximum Gasteiger partial charge on any atom is 0.401 e. The Balaban J connectivity index is 0.00000841. The van der Waals surface area contributed by atoms with Crippen LogP contribution >= 0.6 is 24.0 Å². The molecule has 30 heavy (non-hydrogen) atoms. The average molecular weight is 546 g/mol. The zero-order valence-corrected chi connectivity index (χ0v) is 20.3. The molecule has 1 aromatic rings. The van der Waals surface area contributed by atoms with Gasteiger partial charge in [-0.25, -0.2) is 0 Å². The third-order valence-electron chi connectivity index (χ3n) is 3.84. The van der Waals surface area contributed by atoms with E-state index in [1.54, 1.807) is 6.07 Å². The average Bonchev–Trinajstić information content (AvgIpc) is 2.61. The minimum Gasteiger partial charge on any atom is -0.491 e. The quantitative estimate of drug-likeness (QED) is 0.172. The van der Waals surface area contributed by atoms with Gasteiger partial charge in [0.1, 0.15) is 5.75 Å². The van der Waals surface area contributed by atoms with Crippen LogP contribution in [0.2, 0.25) is 0 Å². The molecule has 0 aliphatic heterocycles. The Morgan fingerprint density at radius 1 is 1.27 bits per heavy atom. The minimum atomic E-state index is -4.19. The summed E-state index contributed by atoms with van der Waals surface area (Å²) in [5.41, 5.74) is 0.705. The number of hydrogen-bond donors (Lipinski definition) is 3. The molecule has 6 nitrogen and oxygen atoms in total. The van der Waals surface area contributed by atoms with Crippen LogP contribution in [-0.2, 0) is 0 Å². The molecule has 0 saturated carbocycles. The van der Waals surface area contributed by atoms with Crippen molar-refractivity contribution in [3.8, 4) is 5.75 Å². The predicted molar refractivity (Wildman–Crippen MR) is 125 cm³/mol. The van der Waals surface area contributed by atoms with E-state index >= 15 is 0 Å². The summed E-state index contributed by atoms with van der Waals surface area (Å²) in [5.74, 6) is 1.20. The van der Waals surface area contributed by atoms with Crippen LogP contribution in [0.15, 0.2) is 29.3 Å². The van der Waals surface area contributed by atoms with E-state index in [1.807, 2.05) is 39.0 Å². The molecule has 0 bridgehead atoms. The molecule has 0 spiro atoms. The number of alkyl halides is 3. The number of nitrogens with one attached hydrogen (secondary N) is 2. The number of aliphatic hydroxyl groups is 1. The maximum atomic E-state index is 12.3. The van der Waals surface area contributed by atoms with Gasteiger partial charge in [-0.15, -0.1) is 24.0 Å². The standard InChI is InChI=1S/C20H33F3N4O2.HI/c1-5-24-19(25-10-7-11-27(4)14-20(21,22)23)26-13-18(28)16-8-6-9-17(12-16)29-15(2)3;/h6,8-9,12,15,18,28H,5,7,10-11,13-14H2,1-4H3,(H2,24,25,26);1H. The van der Waals surface area contributed by atoms with Gasteiger partial charge in [0.2, 0.25) is 0 Å². The largest absolute Gasteiger partial charge is 0.491 e. The summed E-state index contributed by atoms with van der Waals surface area (Å²) in [4.78, 5) is 5.60. The Morgan fingerprint density at radius 3 is 2.57 bits per heavy atom. The van der Waals surface area contributed by atoms with Crippen molar-refractivity contribution in [2.45, 2.75) is 45.6 Å². The van der Waals surface area contributed by atoms with Crippen LogP contribution in [0, 0.1) is 0 Å². The summed E-state index contributed by atoms with van der Waals surface area (Å²) in [7, 11) is 1.44. The fourth-order valence-corrected chi connectivity index (χ4v) is 2.63. The van der Waals surface area contributed by atoms with Gasteiger partial charge in [-0.2, -0.15) is 13.2 Å². The number of hydrogen-bond acceptors (Lipinski definition) is 4. The van der Waals surface area contributed by atoms with Crippen LogP contribution in [-0.4, -0.2) is 68.0 Å². The number of aliphatic hydroxyl groups excluding tert-OH is 1. The highest BCUT2D eigenvalue weighted by Gasteiger charge is 2.28. The molecule has 174 valence electrons. The van der Waals surface area contributed by atoms with Crippen molar-refractivity contribution in [2.75, 3.05) is 39.8 Å². The monoisotopic (exact) mass is 546 g/mol. The molecule has 0 radical (unpaired) electrons. The Labute approximate surface area is 194 Å². The number of rotatable bonds is 11. The van der Waals surface area contributed by atoms with E-state index < -0.39 is 18.8 Å². The van der Waals surface area contributed by atoms with Crippen LogP contribution in [0.1, 0.15) is 38.9 Å². The summed E-state index contributed by atoms with van der Waals surface area (Å²) in [6.45, 7) is 6.43. The van der Waals surface area contributed by atoms with Gasteiger partial charge in [0, 0.05) is 13.1 Å². The van der Waals surface area contributed by atoms with Gasteiger partial charge in [-0.1, -0.05) is 12.1 Å². The van der Waals surface area contributed by atoms with Gasteiger partial charge in [0.15, 0.2) is 5.96 Å². The maximum absolute atomic E-state index is 12.3. The highest BCUT2D eigenvalue weighted by atomic mass is 127. The van der Waals surface area contributed by atoms with Crippen molar-refractivity contribution in [2.24, 2.45) is 4.99 Å². The topological polar surface area (TPSA) is 69.1 Å². The summed E-state index contributed by atoms with van der Waals surface area (Å²) in [5, 5.41) is 16.6. The molecule has 0 aliphatic carbocycles. The summed E-state index contributed by atoms with van der Waals surface area (Å²) in [6.07, 6.45) is -4.40. The molecule has 1 unspecified atom stereocenters. The van der Waals surface area contributed by atoms with Crippen molar-refractivity contribution in [3.63, 3.8) is 0 Å². The van der Waals surface area contributed by atoms with Crippen LogP contribution in [0.5, 0.6) is 5.75 Å². The second-order valence-corrected chi connectivity index (χ2v) is 7.11. The third kappa shape index (κ3) is 13.1. The zero-order valence-electron chi connectivity index (χ0n) is 18.0. The van der Waals surface area contributed by atoms with Gasteiger partial charge in [-0.05, 0) is 58.5 Å². The van der Waals surface area contributed by atoms with Crippen molar-refractivity contribution in [1.82, 2.24) is 15.5 Å². The number of guanidine groups is 1. The number of benzene rings is 1. The highest BCUT2D eigenvalue weighted by Crippen LogP contribution is 2.20. The second-order valence-electron chi connectivity index (χ2n) is 7.11. The number of halogens is 4. The van der Waals surface area contributed by atoms with Gasteiger partial charge in [0.25, 0.3) is 0 Å². The lowest BCUT2D eigenvalue weighted by Crippen LogP contribution is -2.39. The van der Waals surface area contributed by atoms with Crippen molar-refractivity contribution in [3.05, 3.63) is 29.8 Å². The second kappa shape index (κ2) is 14.7. The fraction of sp³-hybridized carbons (Fsp3) is 0.650. The number of ether oxygens (including phenoxy) is 1. The lowest BCUT2D eigenvalue weighted by molar-refractivity contribution is -0.143. The molecule has 0 aromatic heterocycles. The molecule has 10 heteroatoms. The molecule has 1 atom stereocenters. The van der Waals surface area contributed by atoms with E-state index in [0.29, 0.717) is 43.3 Å². The first-order valence-corrected chi connectivity index (χ1v) is 9.83.